The quantitative estimate of drug-likeness (QED) is 0.366. The van der Waals surface area contributed by atoms with E-state index in [0.717, 1.165) is 44.1 Å². The van der Waals surface area contributed by atoms with Crippen LogP contribution in [0.1, 0.15) is 28.2 Å². The minimum Gasteiger partial charge on any atom is -0.361 e. The van der Waals surface area contributed by atoms with Crippen molar-refractivity contribution in [3.8, 4) is 0 Å². The van der Waals surface area contributed by atoms with Crippen LogP contribution in [0.15, 0.2) is 73.1 Å². The highest BCUT2D eigenvalue weighted by Crippen LogP contribution is 2.39. The van der Waals surface area contributed by atoms with E-state index in [9.17, 15) is 8.78 Å². The molecule has 0 aliphatic rings. The molecule has 0 unspecified atom stereocenters. The molecule has 2 nitrogen and oxygen atoms in total. The maximum absolute atomic E-state index is 14.0. The van der Waals surface area contributed by atoms with Gasteiger partial charge in [-0.05, 0) is 60.0 Å². The molecule has 2 heterocycles. The molecule has 5 rings (SSSR count). The van der Waals surface area contributed by atoms with Crippen LogP contribution in [0.25, 0.3) is 21.8 Å². The van der Waals surface area contributed by atoms with Crippen molar-refractivity contribution >= 4 is 21.8 Å². The second-order valence-corrected chi connectivity index (χ2v) is 7.21. The minimum absolute atomic E-state index is 0.160. The van der Waals surface area contributed by atoms with Gasteiger partial charge >= 0.3 is 0 Å². The first-order valence-corrected chi connectivity index (χ1v) is 9.20. The van der Waals surface area contributed by atoms with E-state index in [1.54, 1.807) is 24.3 Å². The van der Waals surface area contributed by atoms with Gasteiger partial charge in [0.25, 0.3) is 0 Å². The number of fused-ring (bicyclic) bond motifs is 2. The summed E-state index contributed by atoms with van der Waals surface area (Å²) >= 11 is 0. The molecule has 0 aliphatic carbocycles. The highest BCUT2D eigenvalue weighted by molar-refractivity contribution is 5.89. The lowest BCUT2D eigenvalue weighted by Gasteiger charge is -2.18. The molecule has 0 saturated carbocycles. The fourth-order valence-electron chi connectivity index (χ4n) is 3.99. The van der Waals surface area contributed by atoms with Crippen LogP contribution in [0, 0.1) is 18.6 Å². The van der Waals surface area contributed by atoms with Gasteiger partial charge in [-0.2, -0.15) is 0 Å². The summed E-state index contributed by atoms with van der Waals surface area (Å²) in [6, 6.07) is 17.8. The van der Waals surface area contributed by atoms with Gasteiger partial charge in [-0.3, -0.25) is 0 Å². The van der Waals surface area contributed by atoms with Crippen LogP contribution in [0.4, 0.5) is 8.78 Å². The van der Waals surface area contributed by atoms with Gasteiger partial charge < -0.3 is 9.97 Å². The Hall–Kier alpha value is -3.40. The highest BCUT2D eigenvalue weighted by Gasteiger charge is 2.23. The molecule has 0 radical (unpaired) electrons. The average Bonchev–Trinajstić information content (AvgIpc) is 3.28. The van der Waals surface area contributed by atoms with E-state index < -0.39 is 0 Å². The van der Waals surface area contributed by atoms with E-state index in [0.29, 0.717) is 0 Å². The number of aryl methyl sites for hydroxylation is 1. The maximum Gasteiger partial charge on any atom is 0.123 e. The number of nitrogens with one attached hydrogen (secondary N) is 2. The van der Waals surface area contributed by atoms with Gasteiger partial charge in [0.05, 0.1) is 0 Å². The van der Waals surface area contributed by atoms with Gasteiger partial charge in [0.2, 0.25) is 0 Å². The molecule has 0 atom stereocenters. The third-order valence-electron chi connectivity index (χ3n) is 5.38. The smallest absolute Gasteiger partial charge is 0.123 e. The van der Waals surface area contributed by atoms with E-state index in [4.69, 9.17) is 0 Å². The zero-order valence-corrected chi connectivity index (χ0v) is 15.3. The number of H-pyrrole nitrogens is 2. The van der Waals surface area contributed by atoms with Gasteiger partial charge in [-0.15, -0.1) is 0 Å². The standard InChI is InChI=1S/C24H18F2N2/c1-14-2-4-15(5-3-14)24(20-12-27-22-8-6-16(25)10-18(20)22)21-13-28-23-9-7-17(26)11-19(21)23/h2-13,24,27-28H,1H3. The SMILES string of the molecule is Cc1ccc(C(c2c[nH]c3ccc(F)cc23)c2c[nH]c3ccc(F)cc23)cc1. The predicted octanol–water partition coefficient (Wildman–Crippen LogP) is 6.42. The molecule has 0 aliphatic heterocycles. The third-order valence-corrected chi connectivity index (χ3v) is 5.38. The van der Waals surface area contributed by atoms with E-state index in [-0.39, 0.29) is 17.6 Å². The first kappa shape index (κ1) is 16.8. The van der Waals surface area contributed by atoms with Gasteiger partial charge in [-0.1, -0.05) is 29.8 Å². The second kappa shape index (κ2) is 6.34. The molecule has 4 heteroatoms. The van der Waals surface area contributed by atoms with Crippen LogP contribution in [-0.4, -0.2) is 9.97 Å². The molecule has 3 aromatic carbocycles. The molecule has 0 bridgehead atoms. The fourth-order valence-corrected chi connectivity index (χ4v) is 3.99. The Labute approximate surface area is 160 Å². The van der Waals surface area contributed by atoms with Crippen LogP contribution in [0.5, 0.6) is 0 Å². The van der Waals surface area contributed by atoms with Gasteiger partial charge in [0, 0.05) is 40.1 Å². The van der Waals surface area contributed by atoms with Gasteiger partial charge in [0.15, 0.2) is 0 Å². The van der Waals surface area contributed by atoms with Crippen molar-refractivity contribution < 1.29 is 8.78 Å². The Balaban J connectivity index is 1.81. The number of hydrogen-bond acceptors (Lipinski definition) is 0. The molecule has 5 aromatic rings. The van der Waals surface area contributed by atoms with Crippen molar-refractivity contribution in [3.05, 3.63) is 107 Å². The highest BCUT2D eigenvalue weighted by atomic mass is 19.1. The Kier molecular flexibility index (Phi) is 3.79. The zero-order chi connectivity index (χ0) is 19.3. The lowest BCUT2D eigenvalue weighted by Crippen LogP contribution is -2.02. The van der Waals surface area contributed by atoms with Crippen molar-refractivity contribution in [1.82, 2.24) is 9.97 Å². The average molecular weight is 372 g/mol. The van der Waals surface area contributed by atoms with E-state index >= 15 is 0 Å². The number of benzene rings is 3. The Morgan fingerprint density at radius 2 is 1.18 bits per heavy atom. The fraction of sp³-hybridized carbons (Fsp3) is 0.0833. The van der Waals surface area contributed by atoms with Crippen molar-refractivity contribution in [1.29, 1.82) is 0 Å². The Morgan fingerprint density at radius 1 is 0.679 bits per heavy atom. The lowest BCUT2D eigenvalue weighted by molar-refractivity contribution is 0.629. The van der Waals surface area contributed by atoms with Crippen LogP contribution in [0.2, 0.25) is 0 Å². The summed E-state index contributed by atoms with van der Waals surface area (Å²) in [5, 5.41) is 1.66. The van der Waals surface area contributed by atoms with Crippen molar-refractivity contribution in [2.75, 3.05) is 0 Å². The summed E-state index contributed by atoms with van der Waals surface area (Å²) in [4.78, 5) is 6.49. The summed E-state index contributed by atoms with van der Waals surface area (Å²) in [5.74, 6) is -0.714. The monoisotopic (exact) mass is 372 g/mol. The number of aromatic nitrogens is 2. The van der Waals surface area contributed by atoms with Crippen LogP contribution in [-0.2, 0) is 0 Å². The van der Waals surface area contributed by atoms with Crippen LogP contribution in [0.3, 0.4) is 0 Å². The van der Waals surface area contributed by atoms with Crippen molar-refractivity contribution in [2.45, 2.75) is 12.8 Å². The number of aromatic amines is 2. The maximum atomic E-state index is 14.0. The van der Waals surface area contributed by atoms with Crippen molar-refractivity contribution in [3.63, 3.8) is 0 Å². The van der Waals surface area contributed by atoms with Gasteiger partial charge in [0.1, 0.15) is 11.6 Å². The molecular formula is C24H18F2N2. The lowest BCUT2D eigenvalue weighted by atomic mass is 9.84. The molecule has 0 fully saturated rings. The Bertz CT molecular complexity index is 1220. The first-order valence-electron chi connectivity index (χ1n) is 9.20. The molecule has 0 saturated heterocycles. The molecular weight excluding hydrogens is 354 g/mol. The summed E-state index contributed by atoms with van der Waals surface area (Å²) in [6.07, 6.45) is 3.85. The van der Waals surface area contributed by atoms with Crippen molar-refractivity contribution in [2.24, 2.45) is 0 Å². The summed E-state index contributed by atoms with van der Waals surface area (Å²) in [6.45, 7) is 2.04. The number of hydrogen-bond donors (Lipinski definition) is 2. The third kappa shape index (κ3) is 2.69. The molecule has 0 spiro atoms. The minimum atomic E-state index is -0.277. The van der Waals surface area contributed by atoms with Crippen LogP contribution >= 0.6 is 0 Å². The normalized spacial score (nSPS) is 11.7. The topological polar surface area (TPSA) is 31.6 Å². The summed E-state index contributed by atoms with van der Waals surface area (Å²) < 4.78 is 28.0. The van der Waals surface area contributed by atoms with E-state index in [2.05, 4.69) is 34.2 Å². The largest absolute Gasteiger partial charge is 0.361 e. The summed E-state index contributed by atoms with van der Waals surface area (Å²) in [7, 11) is 0. The van der Waals surface area contributed by atoms with E-state index in [1.807, 2.05) is 19.3 Å². The number of halogens is 2. The molecule has 28 heavy (non-hydrogen) atoms. The summed E-state index contributed by atoms with van der Waals surface area (Å²) in [5.41, 5.74) is 5.91. The molecule has 0 amide bonds. The zero-order valence-electron chi connectivity index (χ0n) is 15.3. The van der Waals surface area contributed by atoms with Crippen LogP contribution < -0.4 is 0 Å². The van der Waals surface area contributed by atoms with E-state index in [1.165, 1.54) is 12.1 Å². The molecule has 2 aromatic heterocycles. The Morgan fingerprint density at radius 3 is 1.68 bits per heavy atom. The van der Waals surface area contributed by atoms with Gasteiger partial charge in [-0.25, -0.2) is 8.78 Å². The first-order chi connectivity index (χ1) is 13.6. The second-order valence-electron chi connectivity index (χ2n) is 7.21. The molecule has 138 valence electrons. The predicted molar refractivity (Wildman–Crippen MR) is 109 cm³/mol. The molecule has 2 N–H and O–H groups in total. The number of rotatable bonds is 3.